The highest BCUT2D eigenvalue weighted by molar-refractivity contribution is 5.38. The van der Waals surface area contributed by atoms with Gasteiger partial charge in [-0.2, -0.15) is 18.3 Å². The van der Waals surface area contributed by atoms with Crippen molar-refractivity contribution < 1.29 is 17.6 Å². The summed E-state index contributed by atoms with van der Waals surface area (Å²) in [7, 11) is 0. The fourth-order valence-corrected chi connectivity index (χ4v) is 1.34. The lowest BCUT2D eigenvalue weighted by atomic mass is 10.2. The highest BCUT2D eigenvalue weighted by Crippen LogP contribution is 2.30. The van der Waals surface area contributed by atoms with Gasteiger partial charge in [0.25, 0.3) is 0 Å². The van der Waals surface area contributed by atoms with Gasteiger partial charge >= 0.3 is 6.18 Å². The van der Waals surface area contributed by atoms with Crippen LogP contribution >= 0.6 is 0 Å². The fraction of sp³-hybridized carbons (Fsp3) is 0.100. The van der Waals surface area contributed by atoms with Gasteiger partial charge in [0.15, 0.2) is 0 Å². The molecule has 2 rings (SSSR count). The van der Waals surface area contributed by atoms with Crippen LogP contribution in [0, 0.1) is 5.82 Å². The lowest BCUT2D eigenvalue weighted by molar-refractivity contribution is -0.137. The predicted molar refractivity (Wildman–Crippen MR) is 52.9 cm³/mol. The molecule has 2 N–H and O–H groups in total. The van der Waals surface area contributed by atoms with Crippen LogP contribution < -0.4 is 5.73 Å². The molecule has 0 bridgehead atoms. The van der Waals surface area contributed by atoms with Crippen LogP contribution in [0.3, 0.4) is 0 Å². The van der Waals surface area contributed by atoms with E-state index in [0.29, 0.717) is 6.07 Å². The number of aromatic nitrogens is 2. The highest BCUT2D eigenvalue weighted by Gasteiger charge is 2.31. The smallest absolute Gasteiger partial charge is 0.382 e. The van der Waals surface area contributed by atoms with Gasteiger partial charge in [-0.1, -0.05) is 0 Å². The largest absolute Gasteiger partial charge is 0.416 e. The quantitative estimate of drug-likeness (QED) is 0.785. The molecule has 0 saturated heterocycles. The van der Waals surface area contributed by atoms with E-state index in [2.05, 4.69) is 5.10 Å². The van der Waals surface area contributed by atoms with Crippen LogP contribution in [0.1, 0.15) is 5.56 Å². The van der Waals surface area contributed by atoms with Gasteiger partial charge in [-0.25, -0.2) is 9.07 Å². The molecule has 3 nitrogen and oxygen atoms in total. The molecule has 0 radical (unpaired) electrons. The summed E-state index contributed by atoms with van der Waals surface area (Å²) in [5.74, 6) is -0.854. The van der Waals surface area contributed by atoms with Crippen LogP contribution in [-0.4, -0.2) is 9.78 Å². The van der Waals surface area contributed by atoms with Gasteiger partial charge in [0.2, 0.25) is 0 Å². The standard InChI is InChI=1S/C10H7F4N3/c11-7-5-6(10(12,13)14)1-2-8(7)17-4-3-9(15)16-17/h1-5H,(H2,15,16). The van der Waals surface area contributed by atoms with E-state index in [0.717, 1.165) is 16.8 Å². The maximum absolute atomic E-state index is 13.5. The summed E-state index contributed by atoms with van der Waals surface area (Å²) in [6, 6.07) is 3.63. The van der Waals surface area contributed by atoms with Gasteiger partial charge in [-0.05, 0) is 18.2 Å². The van der Waals surface area contributed by atoms with Crippen molar-refractivity contribution in [1.29, 1.82) is 0 Å². The van der Waals surface area contributed by atoms with E-state index >= 15 is 0 Å². The fourth-order valence-electron chi connectivity index (χ4n) is 1.34. The Morgan fingerprint density at radius 3 is 2.35 bits per heavy atom. The van der Waals surface area contributed by atoms with Crippen LogP contribution in [0.5, 0.6) is 0 Å². The normalized spacial score (nSPS) is 11.8. The lowest BCUT2D eigenvalue weighted by Gasteiger charge is -2.08. The van der Waals surface area contributed by atoms with Crippen LogP contribution in [0.2, 0.25) is 0 Å². The molecule has 1 aromatic carbocycles. The summed E-state index contributed by atoms with van der Waals surface area (Å²) in [6.45, 7) is 0. The third-order valence-corrected chi connectivity index (χ3v) is 2.13. The number of nitrogens with zero attached hydrogens (tertiary/aromatic N) is 2. The Morgan fingerprint density at radius 2 is 1.88 bits per heavy atom. The van der Waals surface area contributed by atoms with Crippen molar-refractivity contribution >= 4 is 5.82 Å². The Bertz CT molecular complexity index is 545. The minimum atomic E-state index is -4.57. The van der Waals surface area contributed by atoms with Crippen LogP contribution in [0.25, 0.3) is 5.69 Å². The van der Waals surface area contributed by atoms with Crippen LogP contribution in [0.15, 0.2) is 30.5 Å². The highest BCUT2D eigenvalue weighted by atomic mass is 19.4. The topological polar surface area (TPSA) is 43.8 Å². The molecule has 0 aliphatic carbocycles. The Hall–Kier alpha value is -2.05. The molecule has 0 aliphatic rings. The predicted octanol–water partition coefficient (Wildman–Crippen LogP) is 2.61. The maximum Gasteiger partial charge on any atom is 0.416 e. The van der Waals surface area contributed by atoms with Gasteiger partial charge in [-0.15, -0.1) is 0 Å². The number of halogens is 4. The van der Waals surface area contributed by atoms with Crippen molar-refractivity contribution in [2.24, 2.45) is 0 Å². The number of alkyl halides is 3. The summed E-state index contributed by atoms with van der Waals surface area (Å²) in [5, 5.41) is 3.71. The molecule has 0 amide bonds. The molecule has 1 heterocycles. The van der Waals surface area contributed by atoms with Crippen molar-refractivity contribution in [2.75, 3.05) is 5.73 Å². The van der Waals surface area contributed by atoms with Crippen LogP contribution in [-0.2, 0) is 6.18 Å². The third-order valence-electron chi connectivity index (χ3n) is 2.13. The number of hydrogen-bond acceptors (Lipinski definition) is 2. The van der Waals surface area contributed by atoms with Gasteiger partial charge < -0.3 is 5.73 Å². The molecule has 17 heavy (non-hydrogen) atoms. The molecule has 0 aliphatic heterocycles. The number of anilines is 1. The molecule has 0 saturated carbocycles. The van der Waals surface area contributed by atoms with E-state index in [9.17, 15) is 17.6 Å². The number of nitrogens with two attached hydrogens (primary N) is 1. The summed E-state index contributed by atoms with van der Waals surface area (Å²) >= 11 is 0. The maximum atomic E-state index is 13.5. The second-order valence-corrected chi connectivity index (χ2v) is 3.35. The zero-order valence-corrected chi connectivity index (χ0v) is 8.37. The summed E-state index contributed by atoms with van der Waals surface area (Å²) in [5.41, 5.74) is 4.20. The molecule has 0 unspecified atom stereocenters. The molecule has 7 heteroatoms. The Balaban J connectivity index is 2.45. The molecule has 0 fully saturated rings. The first-order valence-corrected chi connectivity index (χ1v) is 4.56. The number of rotatable bonds is 1. The van der Waals surface area contributed by atoms with Gasteiger partial charge in [0.05, 0.1) is 5.56 Å². The average molecular weight is 245 g/mol. The Labute approximate surface area is 93.5 Å². The third kappa shape index (κ3) is 2.22. The van der Waals surface area contributed by atoms with E-state index in [1.54, 1.807) is 0 Å². The zero-order valence-electron chi connectivity index (χ0n) is 8.37. The molecular weight excluding hydrogens is 238 g/mol. The monoisotopic (exact) mass is 245 g/mol. The summed E-state index contributed by atoms with van der Waals surface area (Å²) < 4.78 is 51.4. The number of nitrogen functional groups attached to an aromatic ring is 1. The van der Waals surface area contributed by atoms with Gasteiger partial charge in [0, 0.05) is 12.3 Å². The van der Waals surface area contributed by atoms with Gasteiger partial charge in [0.1, 0.15) is 17.3 Å². The van der Waals surface area contributed by atoms with E-state index in [1.165, 1.54) is 12.3 Å². The molecular formula is C10H7F4N3. The molecule has 1 aromatic heterocycles. The molecule has 90 valence electrons. The summed E-state index contributed by atoms with van der Waals surface area (Å²) in [6.07, 6.45) is -3.20. The SMILES string of the molecule is Nc1ccn(-c2ccc(C(F)(F)F)cc2F)n1. The first-order valence-electron chi connectivity index (χ1n) is 4.56. The zero-order chi connectivity index (χ0) is 12.6. The van der Waals surface area contributed by atoms with Crippen molar-refractivity contribution in [2.45, 2.75) is 6.18 Å². The Morgan fingerprint density at radius 1 is 1.18 bits per heavy atom. The first kappa shape index (κ1) is 11.4. The molecule has 2 aromatic rings. The summed E-state index contributed by atoms with van der Waals surface area (Å²) in [4.78, 5) is 0. The lowest BCUT2D eigenvalue weighted by Crippen LogP contribution is -2.07. The minimum Gasteiger partial charge on any atom is -0.382 e. The second kappa shape index (κ2) is 3.76. The van der Waals surface area contributed by atoms with E-state index < -0.39 is 17.6 Å². The van der Waals surface area contributed by atoms with E-state index in [-0.39, 0.29) is 11.5 Å². The Kier molecular flexibility index (Phi) is 2.53. The minimum absolute atomic E-state index is 0.0882. The van der Waals surface area contributed by atoms with Crippen molar-refractivity contribution in [3.05, 3.63) is 41.8 Å². The van der Waals surface area contributed by atoms with Gasteiger partial charge in [-0.3, -0.25) is 0 Å². The first-order chi connectivity index (χ1) is 7.88. The van der Waals surface area contributed by atoms with Crippen molar-refractivity contribution in [3.63, 3.8) is 0 Å². The second-order valence-electron chi connectivity index (χ2n) is 3.35. The molecule has 0 atom stereocenters. The molecule has 0 spiro atoms. The van der Waals surface area contributed by atoms with E-state index in [1.807, 2.05) is 0 Å². The number of benzene rings is 1. The van der Waals surface area contributed by atoms with Crippen LogP contribution in [0.4, 0.5) is 23.4 Å². The average Bonchev–Trinajstić information content (AvgIpc) is 2.63. The van der Waals surface area contributed by atoms with Crippen molar-refractivity contribution in [1.82, 2.24) is 9.78 Å². The van der Waals surface area contributed by atoms with E-state index in [4.69, 9.17) is 5.73 Å². The number of hydrogen-bond donors (Lipinski definition) is 1. The van der Waals surface area contributed by atoms with Crippen molar-refractivity contribution in [3.8, 4) is 5.69 Å².